The zero-order valence-corrected chi connectivity index (χ0v) is 18.9. The summed E-state index contributed by atoms with van der Waals surface area (Å²) in [6, 6.07) is 0. The summed E-state index contributed by atoms with van der Waals surface area (Å²) in [5.41, 5.74) is -2.67. The van der Waals surface area contributed by atoms with Gasteiger partial charge in [0.25, 0.3) is 0 Å². The second-order valence-electron chi connectivity index (χ2n) is 7.15. The maximum absolute atomic E-state index is 12.9. The van der Waals surface area contributed by atoms with Crippen LogP contribution in [0.2, 0.25) is 0 Å². The smallest absolute Gasteiger partial charge is 0.340 e. The molecule has 0 aliphatic rings. The third kappa shape index (κ3) is 9.69. The van der Waals surface area contributed by atoms with Crippen molar-refractivity contribution in [1.29, 1.82) is 0 Å². The number of unbranched alkanes of at least 4 members (excludes halogenated alkanes) is 6. The van der Waals surface area contributed by atoms with E-state index in [9.17, 15) is 24.3 Å². The Balaban J connectivity index is 5.41. The maximum atomic E-state index is 12.9. The summed E-state index contributed by atoms with van der Waals surface area (Å²) >= 11 is 0. The first-order valence-electron chi connectivity index (χ1n) is 11.0. The molecule has 2 unspecified atom stereocenters. The van der Waals surface area contributed by atoms with E-state index in [0.717, 1.165) is 32.1 Å². The number of carbonyl (C=O) groups excluding carboxylic acids is 4. The lowest BCUT2D eigenvalue weighted by atomic mass is 9.80. The van der Waals surface area contributed by atoms with E-state index in [2.05, 4.69) is 6.92 Å². The van der Waals surface area contributed by atoms with Crippen molar-refractivity contribution >= 4 is 23.7 Å². The Morgan fingerprint density at radius 3 is 1.83 bits per heavy atom. The van der Waals surface area contributed by atoms with E-state index in [-0.39, 0.29) is 26.2 Å². The van der Waals surface area contributed by atoms with E-state index in [4.69, 9.17) is 14.2 Å². The molecular weight excluding hydrogens is 392 g/mol. The van der Waals surface area contributed by atoms with Crippen LogP contribution < -0.4 is 0 Å². The molecule has 2 atom stereocenters. The molecule has 0 aliphatic heterocycles. The molecule has 0 amide bonds. The molecular formula is C22H38O8. The molecule has 0 saturated carbocycles. The van der Waals surface area contributed by atoms with Crippen LogP contribution in [0.1, 0.15) is 85.5 Å². The lowest BCUT2D eigenvalue weighted by Crippen LogP contribution is -2.55. The van der Waals surface area contributed by atoms with Gasteiger partial charge in [-0.3, -0.25) is 14.4 Å². The van der Waals surface area contributed by atoms with Crippen LogP contribution in [-0.4, -0.2) is 54.2 Å². The summed E-state index contributed by atoms with van der Waals surface area (Å²) in [5, 5.41) is 11.0. The fourth-order valence-electron chi connectivity index (χ4n) is 3.20. The number of hydrogen-bond acceptors (Lipinski definition) is 8. The summed E-state index contributed by atoms with van der Waals surface area (Å²) in [7, 11) is 0. The molecule has 0 aliphatic carbocycles. The Bertz CT molecular complexity index is 545. The Morgan fingerprint density at radius 1 is 0.767 bits per heavy atom. The number of Topliss-reactive ketones (excluding diaryl/α,β-unsaturated/α-hetero) is 1. The standard InChI is InChI=1S/C22H38O8/c1-5-9-10-11-12-13-14-15-17(23)19(20(25)29-7-3)22(27,21(26)30-8-4)16-18(24)28-6-2/h19,27H,5-16H2,1-4H3. The van der Waals surface area contributed by atoms with E-state index in [0.29, 0.717) is 6.42 Å². The Labute approximate surface area is 179 Å². The predicted molar refractivity (Wildman–Crippen MR) is 111 cm³/mol. The van der Waals surface area contributed by atoms with E-state index in [1.165, 1.54) is 13.3 Å². The number of rotatable bonds is 17. The molecule has 0 aromatic rings. The van der Waals surface area contributed by atoms with Gasteiger partial charge in [-0.2, -0.15) is 0 Å². The quantitative estimate of drug-likeness (QED) is 0.162. The third-order valence-corrected chi connectivity index (χ3v) is 4.70. The van der Waals surface area contributed by atoms with Crippen LogP contribution in [0.5, 0.6) is 0 Å². The molecule has 174 valence electrons. The summed E-state index contributed by atoms with van der Waals surface area (Å²) in [6.45, 7) is 6.65. The number of hydrogen-bond donors (Lipinski definition) is 1. The molecule has 0 heterocycles. The molecule has 0 bridgehead atoms. The van der Waals surface area contributed by atoms with E-state index in [1.54, 1.807) is 13.8 Å². The highest BCUT2D eigenvalue weighted by atomic mass is 16.6. The van der Waals surface area contributed by atoms with Crippen molar-refractivity contribution in [3.8, 4) is 0 Å². The van der Waals surface area contributed by atoms with Crippen LogP contribution in [0.3, 0.4) is 0 Å². The van der Waals surface area contributed by atoms with Gasteiger partial charge < -0.3 is 19.3 Å². The van der Waals surface area contributed by atoms with Gasteiger partial charge in [0.1, 0.15) is 0 Å². The summed E-state index contributed by atoms with van der Waals surface area (Å²) in [6.07, 6.45) is 5.91. The summed E-state index contributed by atoms with van der Waals surface area (Å²) in [4.78, 5) is 49.9. The van der Waals surface area contributed by atoms with Crippen LogP contribution in [0.15, 0.2) is 0 Å². The fraction of sp³-hybridized carbons (Fsp3) is 0.818. The molecule has 0 fully saturated rings. The fourth-order valence-corrected chi connectivity index (χ4v) is 3.20. The molecule has 0 aromatic carbocycles. The molecule has 0 aromatic heterocycles. The molecule has 0 radical (unpaired) electrons. The second-order valence-corrected chi connectivity index (χ2v) is 7.15. The van der Waals surface area contributed by atoms with Crippen LogP contribution in [0.25, 0.3) is 0 Å². The van der Waals surface area contributed by atoms with Gasteiger partial charge in [-0.1, -0.05) is 45.4 Å². The Hall–Kier alpha value is -1.96. The van der Waals surface area contributed by atoms with Gasteiger partial charge in [-0.15, -0.1) is 0 Å². The minimum atomic E-state index is -2.67. The number of carbonyl (C=O) groups is 4. The van der Waals surface area contributed by atoms with E-state index < -0.39 is 41.6 Å². The van der Waals surface area contributed by atoms with Crippen LogP contribution in [0, 0.1) is 5.92 Å². The van der Waals surface area contributed by atoms with Crippen molar-refractivity contribution in [2.24, 2.45) is 5.92 Å². The minimum Gasteiger partial charge on any atom is -0.466 e. The Morgan fingerprint density at radius 2 is 1.30 bits per heavy atom. The average Bonchev–Trinajstić information content (AvgIpc) is 2.67. The number of esters is 3. The highest BCUT2D eigenvalue weighted by Crippen LogP contribution is 2.29. The molecule has 30 heavy (non-hydrogen) atoms. The maximum Gasteiger partial charge on any atom is 0.340 e. The van der Waals surface area contributed by atoms with Crippen molar-refractivity contribution in [2.75, 3.05) is 19.8 Å². The molecule has 0 rings (SSSR count). The lowest BCUT2D eigenvalue weighted by Gasteiger charge is -2.30. The first kappa shape index (κ1) is 28.0. The van der Waals surface area contributed by atoms with Crippen LogP contribution in [-0.2, 0) is 33.4 Å². The zero-order chi connectivity index (χ0) is 23.0. The highest BCUT2D eigenvalue weighted by Gasteiger charge is 2.55. The van der Waals surface area contributed by atoms with Crippen molar-refractivity contribution in [2.45, 2.75) is 91.1 Å². The summed E-state index contributed by atoms with van der Waals surface area (Å²) < 4.78 is 14.6. The van der Waals surface area contributed by atoms with Crippen LogP contribution in [0.4, 0.5) is 0 Å². The van der Waals surface area contributed by atoms with Gasteiger partial charge in [0.2, 0.25) is 0 Å². The SMILES string of the molecule is CCCCCCCCCC(=O)C(C(=O)OCC)C(O)(CC(=O)OCC)C(=O)OCC. The second kappa shape index (κ2) is 15.8. The van der Waals surface area contributed by atoms with E-state index >= 15 is 0 Å². The minimum absolute atomic E-state index is 0.0121. The number of aliphatic hydroxyl groups is 1. The highest BCUT2D eigenvalue weighted by molar-refractivity contribution is 6.06. The molecule has 8 nitrogen and oxygen atoms in total. The van der Waals surface area contributed by atoms with Gasteiger partial charge in [0.05, 0.1) is 26.2 Å². The van der Waals surface area contributed by atoms with Gasteiger partial charge in [-0.05, 0) is 27.2 Å². The van der Waals surface area contributed by atoms with Gasteiger partial charge in [0, 0.05) is 6.42 Å². The van der Waals surface area contributed by atoms with Crippen LogP contribution >= 0.6 is 0 Å². The third-order valence-electron chi connectivity index (χ3n) is 4.70. The molecule has 0 saturated heterocycles. The van der Waals surface area contributed by atoms with E-state index in [1.807, 2.05) is 0 Å². The lowest BCUT2D eigenvalue weighted by molar-refractivity contribution is -0.187. The monoisotopic (exact) mass is 430 g/mol. The largest absolute Gasteiger partial charge is 0.466 e. The molecule has 0 spiro atoms. The van der Waals surface area contributed by atoms with Crippen molar-refractivity contribution < 1.29 is 38.5 Å². The summed E-state index contributed by atoms with van der Waals surface area (Å²) in [5.74, 6) is -5.68. The first-order valence-corrected chi connectivity index (χ1v) is 11.0. The van der Waals surface area contributed by atoms with Crippen molar-refractivity contribution in [1.82, 2.24) is 0 Å². The normalized spacial score (nSPS) is 13.8. The van der Waals surface area contributed by atoms with Gasteiger partial charge in [0.15, 0.2) is 17.3 Å². The average molecular weight is 431 g/mol. The molecule has 1 N–H and O–H groups in total. The van der Waals surface area contributed by atoms with Crippen molar-refractivity contribution in [3.05, 3.63) is 0 Å². The van der Waals surface area contributed by atoms with Gasteiger partial charge >= 0.3 is 17.9 Å². The number of ketones is 1. The predicted octanol–water partition coefficient (Wildman–Crippen LogP) is 3.12. The zero-order valence-electron chi connectivity index (χ0n) is 18.9. The topological polar surface area (TPSA) is 116 Å². The first-order chi connectivity index (χ1) is 14.3. The molecule has 8 heteroatoms. The van der Waals surface area contributed by atoms with Gasteiger partial charge in [-0.25, -0.2) is 4.79 Å². The Kier molecular flexibility index (Phi) is 14.8. The van der Waals surface area contributed by atoms with Crippen molar-refractivity contribution in [3.63, 3.8) is 0 Å². The number of ether oxygens (including phenoxy) is 3.